The highest BCUT2D eigenvalue weighted by atomic mass is 19.1. The van der Waals surface area contributed by atoms with Gasteiger partial charge in [0.15, 0.2) is 0 Å². The van der Waals surface area contributed by atoms with Gasteiger partial charge in [0, 0.05) is 30.7 Å². The molecule has 0 radical (unpaired) electrons. The summed E-state index contributed by atoms with van der Waals surface area (Å²) in [6.07, 6.45) is 3.46. The Balaban J connectivity index is 1.63. The fourth-order valence-corrected chi connectivity index (χ4v) is 3.75. The van der Waals surface area contributed by atoms with Crippen LogP contribution in [-0.2, 0) is 4.79 Å². The second kappa shape index (κ2) is 6.79. The second-order valence-electron chi connectivity index (χ2n) is 6.87. The van der Waals surface area contributed by atoms with Crippen molar-refractivity contribution in [3.05, 3.63) is 30.1 Å². The van der Waals surface area contributed by atoms with Crippen LogP contribution in [0.15, 0.2) is 24.3 Å². The molecule has 130 valence electrons. The molecule has 0 saturated carbocycles. The standard InChI is InChI=1S/C18H24FN3O2/c1-12-4-3-5-13(2)22(12)18(24)20-15-10-17(23)21(11-15)16-8-6-14(19)7-9-16/h6-9,12-13,15H,3-5,10-11H2,1-2H3,(H,20,24)/t12-,13-,15-/m1/s1. The summed E-state index contributed by atoms with van der Waals surface area (Å²) in [5.74, 6) is -0.380. The van der Waals surface area contributed by atoms with E-state index in [1.165, 1.54) is 12.1 Å². The minimum absolute atomic E-state index is 0.0494. The van der Waals surface area contributed by atoms with Gasteiger partial charge in [0.1, 0.15) is 5.82 Å². The monoisotopic (exact) mass is 333 g/mol. The van der Waals surface area contributed by atoms with E-state index in [-0.39, 0.29) is 42.3 Å². The highest BCUT2D eigenvalue weighted by molar-refractivity contribution is 5.96. The number of hydrogen-bond donors (Lipinski definition) is 1. The van der Waals surface area contributed by atoms with Crippen molar-refractivity contribution in [1.82, 2.24) is 10.2 Å². The number of hydrogen-bond acceptors (Lipinski definition) is 2. The lowest BCUT2D eigenvalue weighted by Gasteiger charge is -2.39. The summed E-state index contributed by atoms with van der Waals surface area (Å²) in [5, 5.41) is 3.00. The van der Waals surface area contributed by atoms with Crippen molar-refractivity contribution in [3.63, 3.8) is 0 Å². The third-order valence-electron chi connectivity index (χ3n) is 5.02. The number of halogens is 1. The maximum atomic E-state index is 13.0. The summed E-state index contributed by atoms with van der Waals surface area (Å²) in [6.45, 7) is 4.56. The number of benzene rings is 1. The lowest BCUT2D eigenvalue weighted by molar-refractivity contribution is -0.117. The Morgan fingerprint density at radius 2 is 1.79 bits per heavy atom. The first-order chi connectivity index (χ1) is 11.5. The molecule has 1 aromatic rings. The van der Waals surface area contributed by atoms with Crippen LogP contribution in [0.5, 0.6) is 0 Å². The molecule has 0 spiro atoms. The SMILES string of the molecule is C[C@@H]1CCC[C@@H](C)N1C(=O)N[C@@H]1CC(=O)N(c2ccc(F)cc2)C1. The normalized spacial score (nSPS) is 27.5. The Bertz CT molecular complexity index is 609. The zero-order chi connectivity index (χ0) is 17.3. The van der Waals surface area contributed by atoms with Gasteiger partial charge in [-0.25, -0.2) is 9.18 Å². The second-order valence-corrected chi connectivity index (χ2v) is 6.87. The van der Waals surface area contributed by atoms with E-state index in [1.54, 1.807) is 17.0 Å². The number of anilines is 1. The molecule has 0 bridgehead atoms. The molecule has 3 rings (SSSR count). The Labute approximate surface area is 141 Å². The van der Waals surface area contributed by atoms with Crippen LogP contribution in [0.4, 0.5) is 14.9 Å². The summed E-state index contributed by atoms with van der Waals surface area (Å²) >= 11 is 0. The fraction of sp³-hybridized carbons (Fsp3) is 0.556. The largest absolute Gasteiger partial charge is 0.333 e. The molecule has 1 N–H and O–H groups in total. The Hall–Kier alpha value is -2.11. The maximum Gasteiger partial charge on any atom is 0.318 e. The number of nitrogens with one attached hydrogen (secondary N) is 1. The van der Waals surface area contributed by atoms with Gasteiger partial charge in [-0.15, -0.1) is 0 Å². The predicted molar refractivity (Wildman–Crippen MR) is 90.3 cm³/mol. The summed E-state index contributed by atoms with van der Waals surface area (Å²) in [7, 11) is 0. The van der Waals surface area contributed by atoms with Gasteiger partial charge in [-0.3, -0.25) is 4.79 Å². The smallest absolute Gasteiger partial charge is 0.318 e. The molecule has 24 heavy (non-hydrogen) atoms. The van der Waals surface area contributed by atoms with Crippen molar-refractivity contribution in [3.8, 4) is 0 Å². The van der Waals surface area contributed by atoms with Crippen molar-refractivity contribution in [2.45, 2.75) is 57.7 Å². The minimum atomic E-state index is -0.330. The van der Waals surface area contributed by atoms with Crippen molar-refractivity contribution < 1.29 is 14.0 Å². The molecule has 3 amide bonds. The lowest BCUT2D eigenvalue weighted by atomic mass is 9.98. The topological polar surface area (TPSA) is 52.7 Å². The molecule has 0 unspecified atom stereocenters. The van der Waals surface area contributed by atoms with E-state index in [1.807, 2.05) is 4.90 Å². The van der Waals surface area contributed by atoms with E-state index in [9.17, 15) is 14.0 Å². The number of piperidine rings is 1. The molecular weight excluding hydrogens is 309 g/mol. The molecule has 0 aromatic heterocycles. The molecule has 2 saturated heterocycles. The molecular formula is C18H24FN3O2. The van der Waals surface area contributed by atoms with Gasteiger partial charge < -0.3 is 15.1 Å². The quantitative estimate of drug-likeness (QED) is 0.905. The first-order valence-electron chi connectivity index (χ1n) is 8.60. The maximum absolute atomic E-state index is 13.0. The third-order valence-corrected chi connectivity index (χ3v) is 5.02. The van der Waals surface area contributed by atoms with Crippen LogP contribution in [0.2, 0.25) is 0 Å². The zero-order valence-corrected chi connectivity index (χ0v) is 14.2. The zero-order valence-electron chi connectivity index (χ0n) is 14.2. The van der Waals surface area contributed by atoms with E-state index in [2.05, 4.69) is 19.2 Å². The summed E-state index contributed by atoms with van der Waals surface area (Å²) in [6, 6.07) is 6.00. The van der Waals surface area contributed by atoms with Crippen LogP contribution in [0.1, 0.15) is 39.5 Å². The van der Waals surface area contributed by atoms with E-state index < -0.39 is 0 Å². The van der Waals surface area contributed by atoms with Gasteiger partial charge in [-0.2, -0.15) is 0 Å². The lowest BCUT2D eigenvalue weighted by Crippen LogP contribution is -2.54. The van der Waals surface area contributed by atoms with Crippen LogP contribution in [0.25, 0.3) is 0 Å². The van der Waals surface area contributed by atoms with Crippen molar-refractivity contribution in [2.75, 3.05) is 11.4 Å². The number of likely N-dealkylation sites (tertiary alicyclic amines) is 1. The molecule has 3 atom stereocenters. The first kappa shape index (κ1) is 16.7. The average Bonchev–Trinajstić information content (AvgIpc) is 2.88. The molecule has 2 aliphatic rings. The highest BCUT2D eigenvalue weighted by Gasteiger charge is 2.35. The number of carbonyl (C=O) groups excluding carboxylic acids is 2. The highest BCUT2D eigenvalue weighted by Crippen LogP contribution is 2.24. The van der Waals surface area contributed by atoms with Gasteiger partial charge in [-0.05, 0) is 57.4 Å². The van der Waals surface area contributed by atoms with Crippen molar-refractivity contribution in [1.29, 1.82) is 0 Å². The molecule has 0 aliphatic carbocycles. The van der Waals surface area contributed by atoms with E-state index >= 15 is 0 Å². The number of amides is 3. The fourth-order valence-electron chi connectivity index (χ4n) is 3.75. The number of nitrogens with zero attached hydrogens (tertiary/aromatic N) is 2. The van der Waals surface area contributed by atoms with Crippen LogP contribution in [-0.4, -0.2) is 41.5 Å². The number of urea groups is 1. The molecule has 2 heterocycles. The van der Waals surface area contributed by atoms with Crippen molar-refractivity contribution >= 4 is 17.6 Å². The average molecular weight is 333 g/mol. The van der Waals surface area contributed by atoms with Crippen LogP contribution in [0.3, 0.4) is 0 Å². The molecule has 1 aromatic carbocycles. The summed E-state index contributed by atoms with van der Waals surface area (Å²) in [4.78, 5) is 28.3. The molecule has 6 heteroatoms. The van der Waals surface area contributed by atoms with Gasteiger partial charge in [0.25, 0.3) is 0 Å². The van der Waals surface area contributed by atoms with E-state index in [0.717, 1.165) is 19.3 Å². The van der Waals surface area contributed by atoms with Crippen LogP contribution in [0, 0.1) is 5.82 Å². The van der Waals surface area contributed by atoms with Crippen molar-refractivity contribution in [2.24, 2.45) is 0 Å². The van der Waals surface area contributed by atoms with Gasteiger partial charge in [0.05, 0.1) is 6.04 Å². The summed E-state index contributed by atoms with van der Waals surface area (Å²) < 4.78 is 13.0. The Kier molecular flexibility index (Phi) is 4.73. The summed E-state index contributed by atoms with van der Waals surface area (Å²) in [5.41, 5.74) is 0.665. The Morgan fingerprint density at radius 1 is 1.17 bits per heavy atom. The van der Waals surface area contributed by atoms with Crippen LogP contribution < -0.4 is 10.2 Å². The molecule has 5 nitrogen and oxygen atoms in total. The molecule has 2 aliphatic heterocycles. The number of rotatable bonds is 2. The van der Waals surface area contributed by atoms with Gasteiger partial charge in [-0.1, -0.05) is 0 Å². The minimum Gasteiger partial charge on any atom is -0.333 e. The number of carbonyl (C=O) groups is 2. The van der Waals surface area contributed by atoms with Gasteiger partial charge in [0.2, 0.25) is 5.91 Å². The van der Waals surface area contributed by atoms with Gasteiger partial charge >= 0.3 is 6.03 Å². The third kappa shape index (κ3) is 3.37. The Morgan fingerprint density at radius 3 is 2.42 bits per heavy atom. The van der Waals surface area contributed by atoms with Crippen LogP contribution >= 0.6 is 0 Å². The molecule has 2 fully saturated rings. The van der Waals surface area contributed by atoms with E-state index in [4.69, 9.17) is 0 Å². The first-order valence-corrected chi connectivity index (χ1v) is 8.60. The predicted octanol–water partition coefficient (Wildman–Crippen LogP) is 2.90. The van der Waals surface area contributed by atoms with E-state index in [0.29, 0.717) is 12.2 Å².